The van der Waals surface area contributed by atoms with Crippen molar-refractivity contribution in [1.29, 1.82) is 0 Å². The summed E-state index contributed by atoms with van der Waals surface area (Å²) in [6.07, 6.45) is 1.79. The van der Waals surface area contributed by atoms with Gasteiger partial charge in [-0.3, -0.25) is 4.98 Å². The minimum atomic E-state index is 0.314. The second-order valence-electron chi connectivity index (χ2n) is 5.40. The molecule has 0 bridgehead atoms. The second-order valence-corrected chi connectivity index (χ2v) is 5.40. The molecule has 0 fully saturated rings. The number of nitrogens with zero attached hydrogens (tertiary/aromatic N) is 3. The molecule has 3 nitrogen and oxygen atoms in total. The van der Waals surface area contributed by atoms with E-state index in [0.29, 0.717) is 6.04 Å². The summed E-state index contributed by atoms with van der Waals surface area (Å²) in [7, 11) is 0. The lowest BCUT2D eigenvalue weighted by Crippen LogP contribution is -2.26. The minimum absolute atomic E-state index is 0.314. The molecule has 0 amide bonds. The van der Waals surface area contributed by atoms with E-state index in [-0.39, 0.29) is 0 Å². The van der Waals surface area contributed by atoms with Gasteiger partial charge in [0, 0.05) is 17.9 Å². The number of hydrogen-bond donors (Lipinski definition) is 0. The van der Waals surface area contributed by atoms with Crippen molar-refractivity contribution in [2.45, 2.75) is 19.9 Å². The molecule has 2 aromatic heterocycles. The third kappa shape index (κ3) is 2.98. The standard InChI is InChI=1S/C19H19N3/c1-15(2)22(16-9-4-3-5-10-16)19-13-8-12-18(21-19)17-11-6-7-14-20-17/h3-15H,1-2H3. The summed E-state index contributed by atoms with van der Waals surface area (Å²) in [4.78, 5) is 11.4. The quantitative estimate of drug-likeness (QED) is 0.697. The monoisotopic (exact) mass is 289 g/mol. The van der Waals surface area contributed by atoms with Gasteiger partial charge < -0.3 is 4.90 Å². The van der Waals surface area contributed by atoms with E-state index in [9.17, 15) is 0 Å². The molecule has 0 unspecified atom stereocenters. The maximum absolute atomic E-state index is 4.80. The van der Waals surface area contributed by atoms with E-state index in [4.69, 9.17) is 4.98 Å². The second kappa shape index (κ2) is 6.39. The molecule has 0 N–H and O–H groups in total. The molecular weight excluding hydrogens is 270 g/mol. The van der Waals surface area contributed by atoms with Gasteiger partial charge in [0.15, 0.2) is 0 Å². The van der Waals surface area contributed by atoms with Gasteiger partial charge in [-0.25, -0.2) is 4.98 Å². The summed E-state index contributed by atoms with van der Waals surface area (Å²) in [5.41, 5.74) is 2.92. The van der Waals surface area contributed by atoms with Gasteiger partial charge in [0.25, 0.3) is 0 Å². The van der Waals surface area contributed by atoms with Gasteiger partial charge in [-0.1, -0.05) is 30.3 Å². The fourth-order valence-electron chi connectivity index (χ4n) is 2.50. The number of benzene rings is 1. The molecule has 0 aliphatic rings. The molecule has 3 rings (SSSR count). The van der Waals surface area contributed by atoms with Gasteiger partial charge >= 0.3 is 0 Å². The first-order chi connectivity index (χ1) is 10.8. The van der Waals surface area contributed by atoms with Gasteiger partial charge in [-0.15, -0.1) is 0 Å². The first kappa shape index (κ1) is 14.3. The van der Waals surface area contributed by atoms with Crippen molar-refractivity contribution in [2.75, 3.05) is 4.90 Å². The third-order valence-electron chi connectivity index (χ3n) is 3.46. The maximum atomic E-state index is 4.80. The Kier molecular flexibility index (Phi) is 4.15. The molecule has 0 radical (unpaired) electrons. The predicted octanol–water partition coefficient (Wildman–Crippen LogP) is 4.69. The number of para-hydroxylation sites is 1. The van der Waals surface area contributed by atoms with Gasteiger partial charge in [-0.2, -0.15) is 0 Å². The van der Waals surface area contributed by atoms with Crippen molar-refractivity contribution < 1.29 is 0 Å². The molecule has 2 heterocycles. The van der Waals surface area contributed by atoms with E-state index in [1.54, 1.807) is 6.20 Å². The molecular formula is C19H19N3. The number of anilines is 2. The van der Waals surface area contributed by atoms with Crippen LogP contribution in [0.1, 0.15) is 13.8 Å². The zero-order valence-corrected chi connectivity index (χ0v) is 12.8. The van der Waals surface area contributed by atoms with Crippen LogP contribution >= 0.6 is 0 Å². The lowest BCUT2D eigenvalue weighted by Gasteiger charge is -2.28. The Bertz CT molecular complexity index is 724. The zero-order chi connectivity index (χ0) is 15.4. The van der Waals surface area contributed by atoms with Crippen LogP contribution in [0, 0.1) is 0 Å². The molecule has 0 aliphatic carbocycles. The largest absolute Gasteiger partial charge is 0.324 e. The Morgan fingerprint density at radius 1 is 0.773 bits per heavy atom. The summed E-state index contributed by atoms with van der Waals surface area (Å²) >= 11 is 0. The summed E-state index contributed by atoms with van der Waals surface area (Å²) in [6.45, 7) is 4.34. The number of aromatic nitrogens is 2. The van der Waals surface area contributed by atoms with E-state index < -0.39 is 0 Å². The van der Waals surface area contributed by atoms with Crippen LogP contribution in [-0.2, 0) is 0 Å². The summed E-state index contributed by atoms with van der Waals surface area (Å²) < 4.78 is 0. The number of pyridine rings is 2. The highest BCUT2D eigenvalue weighted by atomic mass is 15.2. The molecule has 0 spiro atoms. The van der Waals surface area contributed by atoms with Gasteiger partial charge in [-0.05, 0) is 50.2 Å². The van der Waals surface area contributed by atoms with Crippen LogP contribution in [0.2, 0.25) is 0 Å². The van der Waals surface area contributed by atoms with Gasteiger partial charge in [0.1, 0.15) is 5.82 Å². The van der Waals surface area contributed by atoms with Crippen molar-refractivity contribution >= 4 is 11.5 Å². The molecule has 3 aromatic rings. The highest BCUT2D eigenvalue weighted by molar-refractivity contribution is 5.64. The summed E-state index contributed by atoms with van der Waals surface area (Å²) in [6, 6.07) is 22.6. The van der Waals surface area contributed by atoms with Crippen molar-refractivity contribution in [3.05, 3.63) is 72.9 Å². The van der Waals surface area contributed by atoms with Crippen LogP contribution < -0.4 is 4.90 Å². The van der Waals surface area contributed by atoms with Crippen molar-refractivity contribution in [2.24, 2.45) is 0 Å². The molecule has 3 heteroatoms. The minimum Gasteiger partial charge on any atom is -0.324 e. The molecule has 0 saturated heterocycles. The van der Waals surface area contributed by atoms with Crippen molar-refractivity contribution in [3.8, 4) is 11.4 Å². The molecule has 0 aliphatic heterocycles. The topological polar surface area (TPSA) is 29.0 Å². The number of hydrogen-bond acceptors (Lipinski definition) is 3. The Labute approximate surface area is 131 Å². The van der Waals surface area contributed by atoms with E-state index in [0.717, 1.165) is 22.9 Å². The van der Waals surface area contributed by atoms with E-state index in [1.807, 2.05) is 54.6 Å². The summed E-state index contributed by atoms with van der Waals surface area (Å²) in [5, 5.41) is 0. The molecule has 0 atom stereocenters. The average molecular weight is 289 g/mol. The Balaban J connectivity index is 2.03. The molecule has 0 saturated carbocycles. The van der Waals surface area contributed by atoms with E-state index in [2.05, 4.69) is 35.9 Å². The van der Waals surface area contributed by atoms with Crippen LogP contribution in [0.25, 0.3) is 11.4 Å². The van der Waals surface area contributed by atoms with Crippen LogP contribution in [0.4, 0.5) is 11.5 Å². The Morgan fingerprint density at radius 2 is 1.50 bits per heavy atom. The zero-order valence-electron chi connectivity index (χ0n) is 12.8. The van der Waals surface area contributed by atoms with Crippen molar-refractivity contribution in [3.63, 3.8) is 0 Å². The molecule has 1 aromatic carbocycles. The maximum Gasteiger partial charge on any atom is 0.133 e. The first-order valence-electron chi connectivity index (χ1n) is 7.48. The van der Waals surface area contributed by atoms with Crippen molar-refractivity contribution in [1.82, 2.24) is 9.97 Å². The smallest absolute Gasteiger partial charge is 0.133 e. The number of rotatable bonds is 4. The normalized spacial score (nSPS) is 10.7. The van der Waals surface area contributed by atoms with Crippen LogP contribution in [0.15, 0.2) is 72.9 Å². The Hall–Kier alpha value is -2.68. The van der Waals surface area contributed by atoms with Crippen LogP contribution in [0.3, 0.4) is 0 Å². The van der Waals surface area contributed by atoms with Crippen LogP contribution in [-0.4, -0.2) is 16.0 Å². The SMILES string of the molecule is CC(C)N(c1ccccc1)c1cccc(-c2ccccn2)n1. The van der Waals surface area contributed by atoms with E-state index >= 15 is 0 Å². The average Bonchev–Trinajstić information content (AvgIpc) is 2.57. The molecule has 22 heavy (non-hydrogen) atoms. The lowest BCUT2D eigenvalue weighted by molar-refractivity contribution is 0.778. The summed E-state index contributed by atoms with van der Waals surface area (Å²) in [5.74, 6) is 0.935. The highest BCUT2D eigenvalue weighted by Crippen LogP contribution is 2.27. The molecule has 110 valence electrons. The lowest BCUT2D eigenvalue weighted by atomic mass is 10.2. The fourth-order valence-corrected chi connectivity index (χ4v) is 2.50. The highest BCUT2D eigenvalue weighted by Gasteiger charge is 2.14. The fraction of sp³-hybridized carbons (Fsp3) is 0.158. The van der Waals surface area contributed by atoms with E-state index in [1.165, 1.54) is 0 Å². The predicted molar refractivity (Wildman–Crippen MR) is 91.2 cm³/mol. The third-order valence-corrected chi connectivity index (χ3v) is 3.46. The first-order valence-corrected chi connectivity index (χ1v) is 7.48. The Morgan fingerprint density at radius 3 is 2.18 bits per heavy atom. The van der Waals surface area contributed by atoms with Gasteiger partial charge in [0.05, 0.1) is 11.4 Å². The van der Waals surface area contributed by atoms with Gasteiger partial charge in [0.2, 0.25) is 0 Å². The van der Waals surface area contributed by atoms with Crippen LogP contribution in [0.5, 0.6) is 0 Å².